The summed E-state index contributed by atoms with van der Waals surface area (Å²) in [6.45, 7) is 1.77. The first kappa shape index (κ1) is 18.8. The Hall–Kier alpha value is -2.24. The Bertz CT molecular complexity index is 881. The van der Waals surface area contributed by atoms with Crippen molar-refractivity contribution in [2.75, 3.05) is 13.1 Å². The number of carbonyl (C=O) groups excluding carboxylic acids is 1. The van der Waals surface area contributed by atoms with E-state index in [0.717, 1.165) is 42.9 Å². The van der Waals surface area contributed by atoms with Crippen LogP contribution < -0.4 is 0 Å². The molecule has 0 N–H and O–H groups in total. The van der Waals surface area contributed by atoms with Crippen LogP contribution in [-0.2, 0) is 4.79 Å². The van der Waals surface area contributed by atoms with Gasteiger partial charge in [-0.15, -0.1) is 0 Å². The summed E-state index contributed by atoms with van der Waals surface area (Å²) in [4.78, 5) is 23.6. The molecule has 29 heavy (non-hydrogen) atoms. The Morgan fingerprint density at radius 2 is 2.00 bits per heavy atom. The molecule has 0 aromatic carbocycles. The van der Waals surface area contributed by atoms with Gasteiger partial charge in [-0.05, 0) is 69.9 Å². The van der Waals surface area contributed by atoms with Crippen LogP contribution in [0.1, 0.15) is 69.5 Å². The summed E-state index contributed by atoms with van der Waals surface area (Å²) in [6.07, 6.45) is 12.5. The molecule has 154 valence electrons. The molecule has 0 radical (unpaired) electrons. The minimum Gasteiger partial charge on any atom is -0.342 e. The van der Waals surface area contributed by atoms with E-state index in [2.05, 4.69) is 20.6 Å². The molecular formula is C23H29FN4O. The summed E-state index contributed by atoms with van der Waals surface area (Å²) in [5.41, 5.74) is 2.04. The molecule has 4 heterocycles. The number of rotatable bonds is 4. The SMILES string of the molecule is O=C(C1CCC(F)(CCC2c3ncccc3-c3cncn32)CC1)N1CCCCC1. The molecule has 1 saturated carbocycles. The summed E-state index contributed by atoms with van der Waals surface area (Å²) in [5, 5.41) is 0. The van der Waals surface area contributed by atoms with Gasteiger partial charge in [-0.25, -0.2) is 9.37 Å². The van der Waals surface area contributed by atoms with E-state index in [4.69, 9.17) is 0 Å². The Balaban J connectivity index is 1.21. The van der Waals surface area contributed by atoms with E-state index in [1.165, 1.54) is 6.42 Å². The maximum Gasteiger partial charge on any atom is 0.225 e. The van der Waals surface area contributed by atoms with Gasteiger partial charge in [0.1, 0.15) is 5.67 Å². The van der Waals surface area contributed by atoms with E-state index in [1.807, 2.05) is 29.7 Å². The van der Waals surface area contributed by atoms with E-state index < -0.39 is 5.67 Å². The maximum absolute atomic E-state index is 15.6. The Morgan fingerprint density at radius 3 is 2.79 bits per heavy atom. The number of hydrogen-bond acceptors (Lipinski definition) is 3. The number of fused-ring (bicyclic) bond motifs is 3. The molecule has 2 aromatic rings. The van der Waals surface area contributed by atoms with Crippen molar-refractivity contribution in [2.24, 2.45) is 5.92 Å². The van der Waals surface area contributed by atoms with E-state index >= 15 is 4.39 Å². The zero-order chi connectivity index (χ0) is 19.8. The third kappa shape index (κ3) is 3.47. The average Bonchev–Trinajstić information content (AvgIpc) is 3.34. The molecule has 2 aliphatic heterocycles. The molecule has 5 rings (SSSR count). The van der Waals surface area contributed by atoms with Crippen molar-refractivity contribution >= 4 is 5.91 Å². The Kier molecular flexibility index (Phi) is 4.88. The lowest BCUT2D eigenvalue weighted by Crippen LogP contribution is -2.42. The van der Waals surface area contributed by atoms with Gasteiger partial charge in [0.2, 0.25) is 5.91 Å². The number of amides is 1. The van der Waals surface area contributed by atoms with Crippen molar-refractivity contribution in [3.63, 3.8) is 0 Å². The van der Waals surface area contributed by atoms with Gasteiger partial charge >= 0.3 is 0 Å². The number of carbonyl (C=O) groups is 1. The number of likely N-dealkylation sites (tertiary alicyclic amines) is 1. The number of hydrogen-bond donors (Lipinski definition) is 0. The second kappa shape index (κ2) is 7.54. The van der Waals surface area contributed by atoms with Crippen molar-refractivity contribution in [2.45, 2.75) is 69.5 Å². The lowest BCUT2D eigenvalue weighted by molar-refractivity contribution is -0.138. The van der Waals surface area contributed by atoms with Crippen molar-refractivity contribution in [3.05, 3.63) is 36.5 Å². The Morgan fingerprint density at radius 1 is 1.21 bits per heavy atom. The predicted octanol–water partition coefficient (Wildman–Crippen LogP) is 4.54. The molecule has 2 fully saturated rings. The number of nitrogens with zero attached hydrogens (tertiary/aromatic N) is 4. The zero-order valence-corrected chi connectivity index (χ0v) is 16.9. The molecule has 5 nitrogen and oxygen atoms in total. The Labute approximate surface area is 171 Å². The van der Waals surface area contributed by atoms with Crippen LogP contribution in [0.15, 0.2) is 30.9 Å². The van der Waals surface area contributed by atoms with E-state index in [1.54, 1.807) is 0 Å². The lowest BCUT2D eigenvalue weighted by Gasteiger charge is -2.37. The molecule has 1 aliphatic carbocycles. The highest BCUT2D eigenvalue weighted by molar-refractivity contribution is 5.79. The van der Waals surface area contributed by atoms with Crippen LogP contribution in [0.5, 0.6) is 0 Å². The summed E-state index contributed by atoms with van der Waals surface area (Å²) >= 11 is 0. The normalized spacial score (nSPS) is 28.8. The highest BCUT2D eigenvalue weighted by atomic mass is 19.1. The number of piperidine rings is 1. The quantitative estimate of drug-likeness (QED) is 0.762. The summed E-state index contributed by atoms with van der Waals surface area (Å²) in [5.74, 6) is 0.287. The smallest absolute Gasteiger partial charge is 0.225 e. The van der Waals surface area contributed by atoms with Crippen molar-refractivity contribution in [1.29, 1.82) is 0 Å². The molecule has 1 saturated heterocycles. The van der Waals surface area contributed by atoms with Crippen LogP contribution in [0.4, 0.5) is 4.39 Å². The standard InChI is InChI=1S/C23H29FN4O/c24-23(9-6-17(7-10-23)22(29)27-13-2-1-3-14-27)11-8-19-21-18(5-4-12-26-21)20-15-25-16-28(19)20/h4-5,12,15-17,19H,1-3,6-11,13-14H2. The number of imidazole rings is 1. The predicted molar refractivity (Wildman–Crippen MR) is 109 cm³/mol. The van der Waals surface area contributed by atoms with Crippen LogP contribution >= 0.6 is 0 Å². The molecule has 1 unspecified atom stereocenters. The first-order valence-corrected chi connectivity index (χ1v) is 11.1. The number of halogens is 1. The van der Waals surface area contributed by atoms with Crippen molar-refractivity contribution < 1.29 is 9.18 Å². The highest BCUT2D eigenvalue weighted by Gasteiger charge is 2.40. The minimum atomic E-state index is -1.17. The lowest BCUT2D eigenvalue weighted by atomic mass is 9.76. The third-order valence-electron chi connectivity index (χ3n) is 7.20. The minimum absolute atomic E-state index is 0.0195. The molecule has 0 bridgehead atoms. The molecule has 1 atom stereocenters. The van der Waals surface area contributed by atoms with E-state index in [0.29, 0.717) is 38.5 Å². The fourth-order valence-corrected chi connectivity index (χ4v) is 5.47. The van der Waals surface area contributed by atoms with Gasteiger partial charge in [-0.3, -0.25) is 9.78 Å². The largest absolute Gasteiger partial charge is 0.342 e. The summed E-state index contributed by atoms with van der Waals surface area (Å²) in [6, 6.07) is 4.07. The maximum atomic E-state index is 15.6. The first-order valence-electron chi connectivity index (χ1n) is 11.1. The monoisotopic (exact) mass is 396 g/mol. The van der Waals surface area contributed by atoms with Crippen LogP contribution in [0.2, 0.25) is 0 Å². The topological polar surface area (TPSA) is 51.0 Å². The number of pyridine rings is 1. The molecule has 3 aliphatic rings. The summed E-state index contributed by atoms with van der Waals surface area (Å²) < 4.78 is 17.7. The second-order valence-corrected chi connectivity index (χ2v) is 8.99. The third-order valence-corrected chi connectivity index (χ3v) is 7.20. The average molecular weight is 397 g/mol. The van der Waals surface area contributed by atoms with Gasteiger partial charge in [0, 0.05) is 30.8 Å². The zero-order valence-electron chi connectivity index (χ0n) is 16.9. The van der Waals surface area contributed by atoms with E-state index in [-0.39, 0.29) is 17.9 Å². The molecule has 2 aromatic heterocycles. The van der Waals surface area contributed by atoms with Crippen LogP contribution in [0.25, 0.3) is 11.3 Å². The molecule has 6 heteroatoms. The molecular weight excluding hydrogens is 367 g/mol. The van der Waals surface area contributed by atoms with Gasteiger partial charge < -0.3 is 9.47 Å². The second-order valence-electron chi connectivity index (χ2n) is 8.99. The fraction of sp³-hybridized carbons (Fsp3) is 0.609. The van der Waals surface area contributed by atoms with Crippen LogP contribution in [0.3, 0.4) is 0 Å². The van der Waals surface area contributed by atoms with Gasteiger partial charge in [0.15, 0.2) is 0 Å². The van der Waals surface area contributed by atoms with Gasteiger partial charge in [0.05, 0.1) is 30.0 Å². The van der Waals surface area contributed by atoms with Gasteiger partial charge in [-0.2, -0.15) is 0 Å². The fourth-order valence-electron chi connectivity index (χ4n) is 5.47. The first-order chi connectivity index (χ1) is 14.1. The number of aromatic nitrogens is 3. The number of alkyl halides is 1. The van der Waals surface area contributed by atoms with Crippen LogP contribution in [-0.4, -0.2) is 44.1 Å². The van der Waals surface area contributed by atoms with Crippen molar-refractivity contribution in [1.82, 2.24) is 19.4 Å². The highest BCUT2D eigenvalue weighted by Crippen LogP contribution is 2.44. The molecule has 0 spiro atoms. The van der Waals surface area contributed by atoms with Gasteiger partial charge in [0.25, 0.3) is 0 Å². The van der Waals surface area contributed by atoms with Crippen LogP contribution in [0, 0.1) is 5.92 Å². The van der Waals surface area contributed by atoms with E-state index in [9.17, 15) is 4.79 Å². The molecule has 1 amide bonds. The summed E-state index contributed by atoms with van der Waals surface area (Å²) in [7, 11) is 0. The van der Waals surface area contributed by atoms with Crippen molar-refractivity contribution in [3.8, 4) is 11.3 Å². The van der Waals surface area contributed by atoms with Gasteiger partial charge in [-0.1, -0.05) is 0 Å².